The highest BCUT2D eigenvalue weighted by atomic mass is 16.1. The van der Waals surface area contributed by atoms with E-state index in [9.17, 15) is 4.79 Å². The van der Waals surface area contributed by atoms with E-state index in [0.29, 0.717) is 17.9 Å². The second-order valence-corrected chi connectivity index (χ2v) is 5.29. The molecule has 3 rings (SSSR count). The quantitative estimate of drug-likeness (QED) is 0.795. The van der Waals surface area contributed by atoms with E-state index >= 15 is 0 Å². The van der Waals surface area contributed by atoms with Gasteiger partial charge >= 0.3 is 0 Å². The average Bonchev–Trinajstić information content (AvgIpc) is 2.91. The molecular weight excluding hydrogens is 278 g/mol. The summed E-state index contributed by atoms with van der Waals surface area (Å²) in [5.41, 5.74) is 7.82. The van der Waals surface area contributed by atoms with Gasteiger partial charge in [0.1, 0.15) is 5.82 Å². The van der Waals surface area contributed by atoms with E-state index in [1.165, 1.54) is 0 Å². The molecule has 1 aromatic carbocycles. The molecule has 1 amide bonds. The summed E-state index contributed by atoms with van der Waals surface area (Å²) in [6.07, 6.45) is 3.76. The average molecular weight is 295 g/mol. The summed E-state index contributed by atoms with van der Waals surface area (Å²) in [6.45, 7) is 0.650. The Balaban J connectivity index is 2.01. The molecule has 3 aromatic rings. The molecule has 0 unspecified atom stereocenters. The number of aromatic nitrogens is 3. The maximum Gasteiger partial charge on any atom is 0.249 e. The number of fused-ring (bicyclic) bond motifs is 1. The van der Waals surface area contributed by atoms with Gasteiger partial charge in [0.05, 0.1) is 17.3 Å². The maximum absolute atomic E-state index is 11.7. The van der Waals surface area contributed by atoms with Crippen LogP contribution in [-0.4, -0.2) is 27.7 Å². The van der Waals surface area contributed by atoms with Crippen LogP contribution >= 0.6 is 0 Å². The number of anilines is 1. The van der Waals surface area contributed by atoms with Crippen LogP contribution in [-0.2, 0) is 13.6 Å². The molecule has 2 heterocycles. The van der Waals surface area contributed by atoms with Crippen LogP contribution in [0.25, 0.3) is 10.9 Å². The summed E-state index contributed by atoms with van der Waals surface area (Å²) in [7, 11) is 3.80. The molecule has 6 heteroatoms. The van der Waals surface area contributed by atoms with Crippen molar-refractivity contribution in [3.05, 3.63) is 53.9 Å². The molecule has 0 aliphatic carbocycles. The molecule has 2 N–H and O–H groups in total. The van der Waals surface area contributed by atoms with Crippen molar-refractivity contribution in [1.82, 2.24) is 14.8 Å². The predicted octanol–water partition coefficient (Wildman–Crippen LogP) is 1.70. The number of pyridine rings is 1. The van der Waals surface area contributed by atoms with Crippen molar-refractivity contribution in [2.45, 2.75) is 6.54 Å². The minimum Gasteiger partial charge on any atom is -0.366 e. The zero-order valence-corrected chi connectivity index (χ0v) is 12.5. The first kappa shape index (κ1) is 14.1. The number of nitrogens with zero attached hydrogens (tertiary/aromatic N) is 4. The summed E-state index contributed by atoms with van der Waals surface area (Å²) in [5, 5.41) is 4.93. The summed E-state index contributed by atoms with van der Waals surface area (Å²) in [4.78, 5) is 18.3. The third-order valence-electron chi connectivity index (χ3n) is 3.54. The van der Waals surface area contributed by atoms with Gasteiger partial charge in [-0.1, -0.05) is 18.2 Å². The van der Waals surface area contributed by atoms with Crippen LogP contribution in [0.15, 0.2) is 42.7 Å². The first-order valence-electron chi connectivity index (χ1n) is 6.93. The first-order valence-corrected chi connectivity index (χ1v) is 6.93. The Morgan fingerprint density at radius 3 is 2.82 bits per heavy atom. The lowest BCUT2D eigenvalue weighted by molar-refractivity contribution is 0.100. The number of hydrogen-bond acceptors (Lipinski definition) is 4. The van der Waals surface area contributed by atoms with Crippen molar-refractivity contribution < 1.29 is 4.79 Å². The monoisotopic (exact) mass is 295 g/mol. The SMILES string of the molecule is CN(Cc1cnn(C)c1)c1cc(C(N)=O)c2ccccc2n1. The first-order chi connectivity index (χ1) is 10.5. The van der Waals surface area contributed by atoms with E-state index in [2.05, 4.69) is 10.1 Å². The van der Waals surface area contributed by atoms with Crippen molar-refractivity contribution in [2.75, 3.05) is 11.9 Å². The van der Waals surface area contributed by atoms with E-state index in [-0.39, 0.29) is 0 Å². The lowest BCUT2D eigenvalue weighted by Crippen LogP contribution is -2.19. The van der Waals surface area contributed by atoms with E-state index < -0.39 is 5.91 Å². The van der Waals surface area contributed by atoms with Crippen LogP contribution in [0.4, 0.5) is 5.82 Å². The van der Waals surface area contributed by atoms with E-state index in [1.54, 1.807) is 10.7 Å². The largest absolute Gasteiger partial charge is 0.366 e. The van der Waals surface area contributed by atoms with Gasteiger partial charge in [0.15, 0.2) is 0 Å². The molecule has 112 valence electrons. The fraction of sp³-hybridized carbons (Fsp3) is 0.188. The Morgan fingerprint density at radius 1 is 1.36 bits per heavy atom. The van der Waals surface area contributed by atoms with Gasteiger partial charge in [-0.2, -0.15) is 5.10 Å². The minimum atomic E-state index is -0.449. The van der Waals surface area contributed by atoms with Crippen molar-refractivity contribution in [3.63, 3.8) is 0 Å². The fourth-order valence-electron chi connectivity index (χ4n) is 2.47. The Kier molecular flexibility index (Phi) is 3.50. The van der Waals surface area contributed by atoms with Crippen molar-refractivity contribution in [1.29, 1.82) is 0 Å². The smallest absolute Gasteiger partial charge is 0.249 e. The van der Waals surface area contributed by atoms with Gasteiger partial charge in [-0.25, -0.2) is 4.98 Å². The zero-order chi connectivity index (χ0) is 15.7. The Hall–Kier alpha value is -2.89. The van der Waals surface area contributed by atoms with Crippen LogP contribution < -0.4 is 10.6 Å². The zero-order valence-electron chi connectivity index (χ0n) is 12.5. The van der Waals surface area contributed by atoms with E-state index in [4.69, 9.17) is 5.73 Å². The normalized spacial score (nSPS) is 10.8. The molecule has 2 aromatic heterocycles. The number of para-hydroxylation sites is 1. The second kappa shape index (κ2) is 5.48. The Labute approximate surface area is 128 Å². The standard InChI is InChI=1S/C16H17N5O/c1-20(9-11-8-18-21(2)10-11)15-7-13(16(17)22)12-5-3-4-6-14(12)19-15/h3-8,10H,9H2,1-2H3,(H2,17,22). The Bertz CT molecular complexity index is 839. The third-order valence-corrected chi connectivity index (χ3v) is 3.54. The van der Waals surface area contributed by atoms with Crippen LogP contribution in [0.5, 0.6) is 0 Å². The van der Waals surface area contributed by atoms with Crippen molar-refractivity contribution in [3.8, 4) is 0 Å². The number of hydrogen-bond donors (Lipinski definition) is 1. The molecule has 0 spiro atoms. The van der Waals surface area contributed by atoms with Crippen LogP contribution in [0.2, 0.25) is 0 Å². The predicted molar refractivity (Wildman–Crippen MR) is 85.6 cm³/mol. The van der Waals surface area contributed by atoms with E-state index in [0.717, 1.165) is 16.5 Å². The van der Waals surface area contributed by atoms with E-state index in [1.807, 2.05) is 55.7 Å². The molecule has 0 aliphatic heterocycles. The molecule has 0 bridgehead atoms. The van der Waals surface area contributed by atoms with Crippen LogP contribution in [0, 0.1) is 0 Å². The number of benzene rings is 1. The van der Waals surface area contributed by atoms with Crippen LogP contribution in [0.1, 0.15) is 15.9 Å². The third kappa shape index (κ3) is 2.63. The highest BCUT2D eigenvalue weighted by Gasteiger charge is 2.13. The molecule has 0 saturated heterocycles. The number of rotatable bonds is 4. The summed E-state index contributed by atoms with van der Waals surface area (Å²) in [6, 6.07) is 9.23. The van der Waals surface area contributed by atoms with Crippen LogP contribution in [0.3, 0.4) is 0 Å². The molecule has 0 fully saturated rings. The summed E-state index contributed by atoms with van der Waals surface area (Å²) in [5.74, 6) is 0.256. The maximum atomic E-state index is 11.7. The molecule has 0 aliphatic rings. The molecular formula is C16H17N5O. The number of amides is 1. The molecule has 0 radical (unpaired) electrons. The molecule has 0 atom stereocenters. The van der Waals surface area contributed by atoms with Gasteiger partial charge in [-0.3, -0.25) is 9.48 Å². The number of carbonyl (C=O) groups is 1. The lowest BCUT2D eigenvalue weighted by Gasteiger charge is -2.18. The van der Waals surface area contributed by atoms with Gasteiger partial charge in [0.25, 0.3) is 0 Å². The topological polar surface area (TPSA) is 77.0 Å². The number of aryl methyl sites for hydroxylation is 1. The van der Waals surface area contributed by atoms with Crippen molar-refractivity contribution in [2.24, 2.45) is 12.8 Å². The van der Waals surface area contributed by atoms with Gasteiger partial charge in [-0.15, -0.1) is 0 Å². The molecule has 0 saturated carbocycles. The number of nitrogens with two attached hydrogens (primary N) is 1. The number of carbonyl (C=O) groups excluding carboxylic acids is 1. The molecule has 22 heavy (non-hydrogen) atoms. The van der Waals surface area contributed by atoms with Crippen molar-refractivity contribution >= 4 is 22.6 Å². The van der Waals surface area contributed by atoms with Gasteiger partial charge in [0.2, 0.25) is 5.91 Å². The summed E-state index contributed by atoms with van der Waals surface area (Å²) < 4.78 is 1.76. The minimum absolute atomic E-state index is 0.449. The highest BCUT2D eigenvalue weighted by molar-refractivity contribution is 6.06. The molecule has 6 nitrogen and oxygen atoms in total. The van der Waals surface area contributed by atoms with Gasteiger partial charge in [-0.05, 0) is 12.1 Å². The lowest BCUT2D eigenvalue weighted by atomic mass is 10.1. The number of primary amides is 1. The van der Waals surface area contributed by atoms with Gasteiger partial charge in [0, 0.05) is 37.8 Å². The fourth-order valence-corrected chi connectivity index (χ4v) is 2.47. The highest BCUT2D eigenvalue weighted by Crippen LogP contribution is 2.23. The van der Waals surface area contributed by atoms with Gasteiger partial charge < -0.3 is 10.6 Å². The second-order valence-electron chi connectivity index (χ2n) is 5.29. The Morgan fingerprint density at radius 2 is 2.14 bits per heavy atom. The summed E-state index contributed by atoms with van der Waals surface area (Å²) >= 11 is 0.